The van der Waals surface area contributed by atoms with Gasteiger partial charge in [-0.25, -0.2) is 18.4 Å². The van der Waals surface area contributed by atoms with E-state index in [9.17, 15) is 8.42 Å². The van der Waals surface area contributed by atoms with Gasteiger partial charge in [0.1, 0.15) is 15.5 Å². The van der Waals surface area contributed by atoms with E-state index in [0.717, 1.165) is 17.2 Å². The molecule has 19 heavy (non-hydrogen) atoms. The summed E-state index contributed by atoms with van der Waals surface area (Å²) in [7, 11) is -2.84. The predicted molar refractivity (Wildman–Crippen MR) is 71.5 cm³/mol. The molecule has 1 saturated heterocycles. The Kier molecular flexibility index (Phi) is 2.93. The summed E-state index contributed by atoms with van der Waals surface area (Å²) in [6, 6.07) is 0.192. The first-order chi connectivity index (χ1) is 9.07. The Hall–Kier alpha value is -1.63. The first-order valence-electron chi connectivity index (χ1n) is 6.30. The van der Waals surface area contributed by atoms with E-state index >= 15 is 0 Å². The standard InChI is InChI=1S/C12H16N4O2S/c1-9-11(15-8-14-9)12-13-4-5-16(12)10-2-6-19(17,18)7-3-10/h4-5,8,10H,2-3,6-7H2,1H3,(H,14,15). The number of sulfone groups is 1. The van der Waals surface area contributed by atoms with E-state index < -0.39 is 9.84 Å². The number of hydrogen-bond donors (Lipinski definition) is 1. The quantitative estimate of drug-likeness (QED) is 0.900. The summed E-state index contributed by atoms with van der Waals surface area (Å²) in [5.41, 5.74) is 1.80. The van der Waals surface area contributed by atoms with Crippen LogP contribution in [0.15, 0.2) is 18.7 Å². The molecule has 0 amide bonds. The summed E-state index contributed by atoms with van der Waals surface area (Å²) in [6.45, 7) is 1.95. The average molecular weight is 280 g/mol. The number of aromatic nitrogens is 4. The molecule has 0 bridgehead atoms. The molecule has 0 radical (unpaired) electrons. The number of H-pyrrole nitrogens is 1. The van der Waals surface area contributed by atoms with Crippen molar-refractivity contribution in [3.8, 4) is 11.5 Å². The Bertz CT molecular complexity index is 672. The van der Waals surface area contributed by atoms with Gasteiger partial charge in [-0.2, -0.15) is 0 Å². The van der Waals surface area contributed by atoms with Gasteiger partial charge >= 0.3 is 0 Å². The lowest BCUT2D eigenvalue weighted by molar-refractivity contribution is 0.453. The normalized spacial score (nSPS) is 19.6. The van der Waals surface area contributed by atoms with Crippen LogP contribution in [0.3, 0.4) is 0 Å². The Balaban J connectivity index is 1.92. The summed E-state index contributed by atoms with van der Waals surface area (Å²) < 4.78 is 25.0. The number of aryl methyl sites for hydroxylation is 1. The maximum Gasteiger partial charge on any atom is 0.160 e. The van der Waals surface area contributed by atoms with E-state index in [2.05, 4.69) is 19.5 Å². The van der Waals surface area contributed by atoms with E-state index in [1.165, 1.54) is 0 Å². The Morgan fingerprint density at radius 1 is 1.32 bits per heavy atom. The molecule has 0 aromatic carbocycles. The van der Waals surface area contributed by atoms with E-state index in [-0.39, 0.29) is 17.5 Å². The van der Waals surface area contributed by atoms with Crippen molar-refractivity contribution in [2.24, 2.45) is 0 Å². The van der Waals surface area contributed by atoms with Crippen LogP contribution in [-0.2, 0) is 9.84 Å². The molecular formula is C12H16N4O2S. The van der Waals surface area contributed by atoms with Crippen LogP contribution in [0.2, 0.25) is 0 Å². The van der Waals surface area contributed by atoms with Crippen LogP contribution in [-0.4, -0.2) is 39.4 Å². The Morgan fingerprint density at radius 2 is 2.05 bits per heavy atom. The molecule has 1 N–H and O–H groups in total. The maximum absolute atomic E-state index is 11.5. The number of aromatic amines is 1. The zero-order valence-electron chi connectivity index (χ0n) is 10.7. The smallest absolute Gasteiger partial charge is 0.160 e. The van der Waals surface area contributed by atoms with Gasteiger partial charge < -0.3 is 9.55 Å². The van der Waals surface area contributed by atoms with E-state index in [4.69, 9.17) is 0 Å². The van der Waals surface area contributed by atoms with E-state index in [0.29, 0.717) is 12.8 Å². The third-order valence-corrected chi connectivity index (χ3v) is 5.34. The maximum atomic E-state index is 11.5. The highest BCUT2D eigenvalue weighted by atomic mass is 32.2. The molecule has 0 unspecified atom stereocenters. The van der Waals surface area contributed by atoms with Gasteiger partial charge in [-0.1, -0.05) is 0 Å². The first kappa shape index (κ1) is 12.4. The fourth-order valence-electron chi connectivity index (χ4n) is 2.53. The Labute approximate surface area is 111 Å². The SMILES string of the molecule is Cc1[nH]cnc1-c1nccn1C1CCS(=O)(=O)CC1. The summed E-state index contributed by atoms with van der Waals surface area (Å²) in [4.78, 5) is 11.7. The van der Waals surface area contributed by atoms with Crippen molar-refractivity contribution in [3.63, 3.8) is 0 Å². The van der Waals surface area contributed by atoms with Gasteiger partial charge in [-0.3, -0.25) is 0 Å². The minimum Gasteiger partial charge on any atom is -0.348 e. The lowest BCUT2D eigenvalue weighted by Gasteiger charge is -2.24. The molecule has 1 aliphatic heterocycles. The monoisotopic (exact) mass is 280 g/mol. The van der Waals surface area contributed by atoms with E-state index in [1.54, 1.807) is 12.5 Å². The largest absolute Gasteiger partial charge is 0.348 e. The number of hydrogen-bond acceptors (Lipinski definition) is 4. The molecule has 2 aromatic rings. The third-order valence-electron chi connectivity index (χ3n) is 3.63. The third kappa shape index (κ3) is 2.30. The van der Waals surface area contributed by atoms with Crippen LogP contribution in [0.1, 0.15) is 24.6 Å². The number of nitrogens with zero attached hydrogens (tertiary/aromatic N) is 3. The van der Waals surface area contributed by atoms with Crippen molar-refractivity contribution in [1.82, 2.24) is 19.5 Å². The minimum absolute atomic E-state index is 0.192. The van der Waals surface area contributed by atoms with Gasteiger partial charge in [0.15, 0.2) is 5.82 Å². The molecule has 7 heteroatoms. The van der Waals surface area contributed by atoms with Crippen molar-refractivity contribution >= 4 is 9.84 Å². The number of nitrogens with one attached hydrogen (secondary N) is 1. The van der Waals surface area contributed by atoms with Gasteiger partial charge in [0.25, 0.3) is 0 Å². The molecule has 0 saturated carbocycles. The van der Waals surface area contributed by atoms with Gasteiger partial charge in [0.2, 0.25) is 0 Å². The number of rotatable bonds is 2. The lowest BCUT2D eigenvalue weighted by atomic mass is 10.1. The summed E-state index contributed by atoms with van der Waals surface area (Å²) in [5.74, 6) is 1.33. The van der Waals surface area contributed by atoms with Crippen LogP contribution < -0.4 is 0 Å². The second kappa shape index (κ2) is 4.48. The Morgan fingerprint density at radius 3 is 2.68 bits per heavy atom. The highest BCUT2D eigenvalue weighted by Gasteiger charge is 2.26. The zero-order chi connectivity index (χ0) is 13.5. The zero-order valence-corrected chi connectivity index (χ0v) is 11.5. The first-order valence-corrected chi connectivity index (χ1v) is 8.12. The molecule has 0 spiro atoms. The second-order valence-corrected chi connectivity index (χ2v) is 7.22. The summed E-state index contributed by atoms with van der Waals surface area (Å²) in [6.07, 6.45) is 6.60. The van der Waals surface area contributed by atoms with Crippen molar-refractivity contribution in [2.45, 2.75) is 25.8 Å². The van der Waals surface area contributed by atoms with Crippen LogP contribution in [0, 0.1) is 6.92 Å². The van der Waals surface area contributed by atoms with Crippen molar-refractivity contribution in [3.05, 3.63) is 24.4 Å². The molecule has 1 fully saturated rings. The fourth-order valence-corrected chi connectivity index (χ4v) is 4.00. The molecule has 1 aliphatic rings. The lowest BCUT2D eigenvalue weighted by Crippen LogP contribution is -2.25. The molecule has 3 rings (SSSR count). The van der Waals surface area contributed by atoms with Gasteiger partial charge in [0, 0.05) is 24.1 Å². The van der Waals surface area contributed by atoms with Crippen LogP contribution in [0.5, 0.6) is 0 Å². The number of imidazole rings is 2. The second-order valence-electron chi connectivity index (χ2n) is 4.92. The molecule has 2 aromatic heterocycles. The predicted octanol–water partition coefficient (Wildman–Crippen LogP) is 1.33. The topological polar surface area (TPSA) is 80.6 Å². The molecule has 0 atom stereocenters. The molecule has 102 valence electrons. The fraction of sp³-hybridized carbons (Fsp3) is 0.500. The van der Waals surface area contributed by atoms with Gasteiger partial charge in [0.05, 0.1) is 17.8 Å². The molecule has 3 heterocycles. The highest BCUT2D eigenvalue weighted by Crippen LogP contribution is 2.29. The summed E-state index contributed by atoms with van der Waals surface area (Å²) >= 11 is 0. The minimum atomic E-state index is -2.84. The van der Waals surface area contributed by atoms with Crippen molar-refractivity contribution in [2.75, 3.05) is 11.5 Å². The highest BCUT2D eigenvalue weighted by molar-refractivity contribution is 7.91. The molecule has 0 aliphatic carbocycles. The van der Waals surface area contributed by atoms with Crippen LogP contribution in [0.4, 0.5) is 0 Å². The molecular weight excluding hydrogens is 264 g/mol. The average Bonchev–Trinajstić information content (AvgIpc) is 2.97. The van der Waals surface area contributed by atoms with Crippen molar-refractivity contribution in [1.29, 1.82) is 0 Å². The van der Waals surface area contributed by atoms with Gasteiger partial charge in [-0.05, 0) is 19.8 Å². The molecule has 6 nitrogen and oxygen atoms in total. The van der Waals surface area contributed by atoms with Crippen molar-refractivity contribution < 1.29 is 8.42 Å². The van der Waals surface area contributed by atoms with Gasteiger partial charge in [-0.15, -0.1) is 0 Å². The van der Waals surface area contributed by atoms with Crippen LogP contribution in [0.25, 0.3) is 11.5 Å². The van der Waals surface area contributed by atoms with E-state index in [1.807, 2.05) is 13.1 Å². The van der Waals surface area contributed by atoms with Crippen LogP contribution >= 0.6 is 0 Å². The summed E-state index contributed by atoms with van der Waals surface area (Å²) in [5, 5.41) is 0.